The number of nitrogen functional groups attached to an aromatic ring is 1. The molecule has 1 aliphatic heterocycles. The smallest absolute Gasteiger partial charge is 0.342 e. The molecular weight excluding hydrogens is 507 g/mol. The molecule has 1 aliphatic rings. The minimum Gasteiger partial charge on any atom is -0.464 e. The van der Waals surface area contributed by atoms with Crippen LogP contribution in [0.15, 0.2) is 30.6 Å². The van der Waals surface area contributed by atoms with Gasteiger partial charge in [0, 0.05) is 11.6 Å². The monoisotopic (exact) mass is 540 g/mol. The van der Waals surface area contributed by atoms with E-state index in [1.54, 1.807) is 38.1 Å². The van der Waals surface area contributed by atoms with E-state index in [9.17, 15) is 9.36 Å². The second-order valence-corrected chi connectivity index (χ2v) is 11.5. The van der Waals surface area contributed by atoms with Crippen LogP contribution in [0.3, 0.4) is 0 Å². The number of anilines is 3. The summed E-state index contributed by atoms with van der Waals surface area (Å²) in [6.45, 7) is 8.26. The van der Waals surface area contributed by atoms with Crippen molar-refractivity contribution in [1.29, 1.82) is 0 Å². The highest BCUT2D eigenvalue weighted by molar-refractivity contribution is 7.57. The third-order valence-corrected chi connectivity index (χ3v) is 7.51. The Morgan fingerprint density at radius 2 is 2.06 bits per heavy atom. The van der Waals surface area contributed by atoms with Crippen LogP contribution >= 0.6 is 19.1 Å². The number of hydrogen-bond donors (Lipinski definition) is 3. The number of carbonyl (C=O) groups excluding carboxylic acids is 1. The Bertz CT molecular complexity index is 1090. The number of unbranched alkanes of at least 4 members (excludes halogenated alkanes) is 1. The highest BCUT2D eigenvalue weighted by Gasteiger charge is 2.39. The SMILES string of the molecule is CCCCOC(=O)C(C)(C)NP(=O)(COC(C)CN1CNc2c(N)ncnc21)Oc1ccc(Cl)cc1. The Morgan fingerprint density at radius 1 is 1.33 bits per heavy atom. The molecule has 13 heteroatoms. The second-order valence-electron chi connectivity index (χ2n) is 9.07. The van der Waals surface area contributed by atoms with Crippen LogP contribution in [-0.2, 0) is 18.8 Å². The zero-order valence-electron chi connectivity index (χ0n) is 21.0. The number of aromatic nitrogens is 2. The molecule has 36 heavy (non-hydrogen) atoms. The Kier molecular flexibility index (Phi) is 9.41. The summed E-state index contributed by atoms with van der Waals surface area (Å²) in [6, 6.07) is 6.45. The molecule has 2 heterocycles. The lowest BCUT2D eigenvalue weighted by Crippen LogP contribution is -2.47. The zero-order valence-corrected chi connectivity index (χ0v) is 22.6. The summed E-state index contributed by atoms with van der Waals surface area (Å²) in [4.78, 5) is 22.9. The average molecular weight is 541 g/mol. The van der Waals surface area contributed by atoms with Crippen LogP contribution in [0.1, 0.15) is 40.5 Å². The molecule has 11 nitrogen and oxygen atoms in total. The number of halogens is 1. The van der Waals surface area contributed by atoms with Gasteiger partial charge in [-0.3, -0.25) is 9.36 Å². The summed E-state index contributed by atoms with van der Waals surface area (Å²) in [6.07, 6.45) is 2.38. The lowest BCUT2D eigenvalue weighted by Gasteiger charge is -2.31. The van der Waals surface area contributed by atoms with E-state index in [4.69, 9.17) is 31.3 Å². The first-order chi connectivity index (χ1) is 17.0. The lowest BCUT2D eigenvalue weighted by atomic mass is 10.1. The Balaban J connectivity index is 1.69. The molecule has 198 valence electrons. The molecule has 0 spiro atoms. The normalized spacial score (nSPS) is 15.5. The summed E-state index contributed by atoms with van der Waals surface area (Å²) in [7, 11) is -3.74. The number of hydrogen-bond acceptors (Lipinski definition) is 10. The minimum atomic E-state index is -3.74. The molecule has 2 aromatic rings. The van der Waals surface area contributed by atoms with Gasteiger partial charge in [-0.05, 0) is 51.5 Å². The maximum absolute atomic E-state index is 13.9. The Morgan fingerprint density at radius 3 is 2.75 bits per heavy atom. The van der Waals surface area contributed by atoms with E-state index in [2.05, 4.69) is 20.4 Å². The van der Waals surface area contributed by atoms with Crippen molar-refractivity contribution in [2.45, 2.75) is 52.2 Å². The number of rotatable bonds is 13. The van der Waals surface area contributed by atoms with E-state index in [0.717, 1.165) is 12.8 Å². The third-order valence-electron chi connectivity index (χ3n) is 5.37. The Hall–Kier alpha value is -2.59. The summed E-state index contributed by atoms with van der Waals surface area (Å²) in [5.74, 6) is 0.842. The molecule has 2 unspecified atom stereocenters. The van der Waals surface area contributed by atoms with E-state index in [1.807, 2.05) is 18.7 Å². The van der Waals surface area contributed by atoms with Gasteiger partial charge in [0.15, 0.2) is 11.6 Å². The van der Waals surface area contributed by atoms with Gasteiger partial charge in [-0.25, -0.2) is 15.1 Å². The fourth-order valence-electron chi connectivity index (χ4n) is 3.50. The maximum Gasteiger partial charge on any atom is 0.342 e. The number of esters is 1. The molecule has 0 radical (unpaired) electrons. The number of nitrogens with one attached hydrogen (secondary N) is 2. The predicted molar refractivity (Wildman–Crippen MR) is 140 cm³/mol. The zero-order chi connectivity index (χ0) is 26.3. The van der Waals surface area contributed by atoms with Gasteiger partial charge in [0.05, 0.1) is 19.4 Å². The number of benzene rings is 1. The molecule has 3 rings (SSSR count). The molecular formula is C23H34ClN6O5P. The van der Waals surface area contributed by atoms with E-state index in [0.29, 0.717) is 41.3 Å². The van der Waals surface area contributed by atoms with Gasteiger partial charge < -0.3 is 29.9 Å². The number of nitrogens with two attached hydrogens (primary N) is 1. The minimum absolute atomic E-state index is 0.287. The van der Waals surface area contributed by atoms with Crippen LogP contribution in [0, 0.1) is 0 Å². The molecule has 0 amide bonds. The van der Waals surface area contributed by atoms with Crippen molar-refractivity contribution in [2.24, 2.45) is 0 Å². The third kappa shape index (κ3) is 7.46. The van der Waals surface area contributed by atoms with Gasteiger partial charge in [-0.15, -0.1) is 0 Å². The van der Waals surface area contributed by atoms with Crippen molar-refractivity contribution in [1.82, 2.24) is 15.1 Å². The van der Waals surface area contributed by atoms with Gasteiger partial charge in [0.2, 0.25) is 0 Å². The van der Waals surface area contributed by atoms with Crippen molar-refractivity contribution < 1.29 is 23.4 Å². The van der Waals surface area contributed by atoms with Gasteiger partial charge >= 0.3 is 13.5 Å². The van der Waals surface area contributed by atoms with E-state index in [-0.39, 0.29) is 19.1 Å². The van der Waals surface area contributed by atoms with Gasteiger partial charge in [0.25, 0.3) is 0 Å². The summed E-state index contributed by atoms with van der Waals surface area (Å²) in [5, 5.41) is 6.55. The molecule has 0 fully saturated rings. The summed E-state index contributed by atoms with van der Waals surface area (Å²) < 4.78 is 31.1. The van der Waals surface area contributed by atoms with Crippen LogP contribution in [0.2, 0.25) is 5.02 Å². The predicted octanol–water partition coefficient (Wildman–Crippen LogP) is 4.25. The highest BCUT2D eigenvalue weighted by atomic mass is 35.5. The quantitative estimate of drug-likeness (QED) is 0.191. The van der Waals surface area contributed by atoms with Crippen LogP contribution in [0.4, 0.5) is 17.3 Å². The second kappa shape index (κ2) is 12.1. The molecule has 0 saturated heterocycles. The molecule has 4 N–H and O–H groups in total. The molecule has 2 atom stereocenters. The fourth-order valence-corrected chi connectivity index (χ4v) is 5.64. The summed E-state index contributed by atoms with van der Waals surface area (Å²) >= 11 is 5.97. The van der Waals surface area contributed by atoms with Crippen molar-refractivity contribution >= 4 is 42.4 Å². The van der Waals surface area contributed by atoms with Crippen LogP contribution in [-0.4, -0.2) is 53.7 Å². The fraction of sp³-hybridized carbons (Fsp3) is 0.522. The van der Waals surface area contributed by atoms with E-state index >= 15 is 0 Å². The van der Waals surface area contributed by atoms with Crippen molar-refractivity contribution in [3.63, 3.8) is 0 Å². The van der Waals surface area contributed by atoms with Crippen molar-refractivity contribution in [2.75, 3.05) is 42.1 Å². The molecule has 1 aromatic carbocycles. The number of nitrogens with zero attached hydrogens (tertiary/aromatic N) is 3. The average Bonchev–Trinajstić information content (AvgIpc) is 3.23. The largest absolute Gasteiger partial charge is 0.464 e. The molecule has 0 aliphatic carbocycles. The van der Waals surface area contributed by atoms with Gasteiger partial charge in [-0.1, -0.05) is 24.9 Å². The van der Waals surface area contributed by atoms with E-state index in [1.165, 1.54) is 6.33 Å². The highest BCUT2D eigenvalue weighted by Crippen LogP contribution is 2.46. The van der Waals surface area contributed by atoms with Crippen LogP contribution in [0.5, 0.6) is 5.75 Å². The van der Waals surface area contributed by atoms with Crippen molar-refractivity contribution in [3.8, 4) is 5.75 Å². The number of carbonyl (C=O) groups is 1. The molecule has 0 bridgehead atoms. The van der Waals surface area contributed by atoms with E-state index < -0.39 is 19.0 Å². The molecule has 1 aromatic heterocycles. The van der Waals surface area contributed by atoms with Gasteiger partial charge in [-0.2, -0.15) is 0 Å². The Labute approximate surface area is 216 Å². The standard InChI is InChI=1S/C23H34ClN6O5P/c1-5-6-11-33-22(31)23(3,4)29-36(32,35-18-9-7-17(24)8-10-18)15-34-16(2)12-30-14-28-19-20(25)26-13-27-21(19)30/h7-10,13,16,28H,5-6,11-12,14-15H2,1-4H3,(H,29,32)(H2,25,26,27). The van der Waals surface area contributed by atoms with Gasteiger partial charge in [0.1, 0.15) is 29.7 Å². The van der Waals surface area contributed by atoms with Crippen molar-refractivity contribution in [3.05, 3.63) is 35.6 Å². The number of ether oxygens (including phenoxy) is 2. The molecule has 0 saturated carbocycles. The topological polar surface area (TPSA) is 141 Å². The number of fused-ring (bicyclic) bond motifs is 1. The lowest BCUT2D eigenvalue weighted by molar-refractivity contribution is -0.149. The first-order valence-electron chi connectivity index (χ1n) is 11.7. The summed E-state index contributed by atoms with van der Waals surface area (Å²) in [5.41, 5.74) is 5.29. The maximum atomic E-state index is 13.9. The van der Waals surface area contributed by atoms with Crippen LogP contribution < -0.4 is 25.6 Å². The first-order valence-corrected chi connectivity index (χ1v) is 13.9. The first kappa shape index (κ1) is 28.0. The van der Waals surface area contributed by atoms with Crippen LogP contribution in [0.25, 0.3) is 0 Å².